The number of aryl methyl sites for hydroxylation is 1. The molecule has 0 aliphatic carbocycles. The summed E-state index contributed by atoms with van der Waals surface area (Å²) < 4.78 is 4.96. The quantitative estimate of drug-likeness (QED) is 0.748. The summed E-state index contributed by atoms with van der Waals surface area (Å²) in [5.41, 5.74) is 0. The summed E-state index contributed by atoms with van der Waals surface area (Å²) in [7, 11) is 0. The Kier molecular flexibility index (Phi) is 2.98. The Balaban J connectivity index is 1.76. The highest BCUT2D eigenvalue weighted by molar-refractivity contribution is 5.17. The summed E-state index contributed by atoms with van der Waals surface area (Å²) in [5.74, 6) is 1.35. The van der Waals surface area contributed by atoms with E-state index in [1.165, 1.54) is 12.8 Å². The van der Waals surface area contributed by atoms with Gasteiger partial charge in [-0.25, -0.2) is 0 Å². The Labute approximate surface area is 83.3 Å². The first-order valence-corrected chi connectivity index (χ1v) is 5.09. The van der Waals surface area contributed by atoms with Crippen molar-refractivity contribution in [1.82, 2.24) is 15.5 Å². The van der Waals surface area contributed by atoms with E-state index in [-0.39, 0.29) is 0 Å². The molecule has 0 amide bonds. The Bertz CT molecular complexity index is 280. The van der Waals surface area contributed by atoms with Crippen LogP contribution in [0.4, 0.5) is 6.01 Å². The molecule has 1 aromatic heterocycles. The second kappa shape index (κ2) is 4.41. The first kappa shape index (κ1) is 9.45. The molecule has 1 unspecified atom stereocenters. The molecule has 5 heteroatoms. The molecule has 5 nitrogen and oxygen atoms in total. The zero-order chi connectivity index (χ0) is 9.80. The molecule has 14 heavy (non-hydrogen) atoms. The van der Waals surface area contributed by atoms with Crippen LogP contribution >= 0.6 is 0 Å². The van der Waals surface area contributed by atoms with Crippen molar-refractivity contribution in [2.75, 3.05) is 25.0 Å². The van der Waals surface area contributed by atoms with E-state index >= 15 is 0 Å². The van der Waals surface area contributed by atoms with Crippen LogP contribution in [0.15, 0.2) is 4.52 Å². The minimum atomic E-state index is 0.535. The number of nitrogens with zero attached hydrogens (tertiary/aromatic N) is 2. The van der Waals surface area contributed by atoms with Crippen LogP contribution in [-0.4, -0.2) is 29.8 Å². The minimum absolute atomic E-state index is 0.535. The molecule has 0 radical (unpaired) electrons. The first-order valence-electron chi connectivity index (χ1n) is 5.09. The largest absolute Gasteiger partial charge is 0.337 e. The fraction of sp³-hybridized carbons (Fsp3) is 0.778. The van der Waals surface area contributed by atoms with E-state index < -0.39 is 0 Å². The van der Waals surface area contributed by atoms with Gasteiger partial charge in [0.05, 0.1) is 0 Å². The number of nitrogens with one attached hydrogen (secondary N) is 2. The van der Waals surface area contributed by atoms with Crippen molar-refractivity contribution < 1.29 is 4.52 Å². The molecule has 2 rings (SSSR count). The van der Waals surface area contributed by atoms with Crippen LogP contribution in [0.2, 0.25) is 0 Å². The lowest BCUT2D eigenvalue weighted by atomic mass is 10.00. The molecular weight excluding hydrogens is 180 g/mol. The van der Waals surface area contributed by atoms with Gasteiger partial charge in [0.15, 0.2) is 5.82 Å². The van der Waals surface area contributed by atoms with E-state index in [1.807, 2.05) is 6.92 Å². The summed E-state index contributed by atoms with van der Waals surface area (Å²) in [5, 5.41) is 10.2. The van der Waals surface area contributed by atoms with Crippen molar-refractivity contribution in [3.63, 3.8) is 0 Å². The number of piperidine rings is 1. The number of rotatable bonds is 3. The monoisotopic (exact) mass is 196 g/mol. The highest BCUT2D eigenvalue weighted by atomic mass is 16.5. The summed E-state index contributed by atoms with van der Waals surface area (Å²) in [6.07, 6.45) is 2.53. The predicted octanol–water partition coefficient (Wildman–Crippen LogP) is 0.790. The number of anilines is 1. The van der Waals surface area contributed by atoms with Gasteiger partial charge in [-0.1, -0.05) is 5.16 Å². The number of hydrogen-bond acceptors (Lipinski definition) is 5. The Hall–Kier alpha value is -1.10. The molecule has 2 N–H and O–H groups in total. The molecule has 1 aromatic rings. The summed E-state index contributed by atoms with van der Waals surface area (Å²) in [6, 6.07) is 0.535. The molecule has 1 saturated heterocycles. The Morgan fingerprint density at radius 1 is 1.64 bits per heavy atom. The van der Waals surface area contributed by atoms with Gasteiger partial charge in [-0.3, -0.25) is 0 Å². The molecule has 0 bridgehead atoms. The molecule has 2 heterocycles. The third-order valence-electron chi connectivity index (χ3n) is 2.47. The van der Waals surface area contributed by atoms with E-state index in [9.17, 15) is 0 Å². The molecule has 0 saturated carbocycles. The van der Waals surface area contributed by atoms with Gasteiger partial charge in [-0.15, -0.1) is 0 Å². The lowest BCUT2D eigenvalue weighted by Crippen LogP contribution is -2.33. The summed E-state index contributed by atoms with van der Waals surface area (Å²) in [4.78, 5) is 4.09. The zero-order valence-electron chi connectivity index (χ0n) is 8.42. The average Bonchev–Trinajstić information content (AvgIpc) is 2.63. The van der Waals surface area contributed by atoms with E-state index in [2.05, 4.69) is 20.8 Å². The van der Waals surface area contributed by atoms with Gasteiger partial charge in [-0.05, 0) is 38.8 Å². The normalized spacial score (nSPS) is 22.2. The van der Waals surface area contributed by atoms with E-state index in [0.29, 0.717) is 17.8 Å². The summed E-state index contributed by atoms with van der Waals surface area (Å²) >= 11 is 0. The third kappa shape index (κ3) is 2.45. The summed E-state index contributed by atoms with van der Waals surface area (Å²) in [6.45, 7) is 4.96. The smallest absolute Gasteiger partial charge is 0.321 e. The Morgan fingerprint density at radius 2 is 2.57 bits per heavy atom. The van der Waals surface area contributed by atoms with Crippen LogP contribution in [0.3, 0.4) is 0 Å². The maximum atomic E-state index is 4.96. The van der Waals surface area contributed by atoms with Crippen molar-refractivity contribution in [3.8, 4) is 0 Å². The van der Waals surface area contributed by atoms with Crippen LogP contribution in [-0.2, 0) is 0 Å². The van der Waals surface area contributed by atoms with Crippen LogP contribution in [0.1, 0.15) is 18.7 Å². The maximum absolute atomic E-state index is 4.96. The standard InChI is InChI=1S/C9H16N4O/c1-7-12-9(14-13-7)11-6-8-3-2-4-10-5-8/h8,10H,2-6H2,1H3,(H,11,12,13). The molecule has 1 fully saturated rings. The van der Waals surface area contributed by atoms with Gasteiger partial charge in [-0.2, -0.15) is 4.98 Å². The highest BCUT2D eigenvalue weighted by Crippen LogP contribution is 2.11. The highest BCUT2D eigenvalue weighted by Gasteiger charge is 2.13. The van der Waals surface area contributed by atoms with Gasteiger partial charge in [0.2, 0.25) is 0 Å². The average molecular weight is 196 g/mol. The van der Waals surface area contributed by atoms with Gasteiger partial charge in [0.25, 0.3) is 0 Å². The minimum Gasteiger partial charge on any atom is -0.337 e. The van der Waals surface area contributed by atoms with Crippen molar-refractivity contribution in [1.29, 1.82) is 0 Å². The van der Waals surface area contributed by atoms with Gasteiger partial charge in [0, 0.05) is 6.54 Å². The molecule has 0 spiro atoms. The second-order valence-corrected chi connectivity index (χ2v) is 3.74. The fourth-order valence-electron chi connectivity index (χ4n) is 1.70. The van der Waals surface area contributed by atoms with E-state index in [0.717, 1.165) is 19.6 Å². The SMILES string of the molecule is Cc1noc(NCC2CCCNC2)n1. The van der Waals surface area contributed by atoms with Gasteiger partial charge >= 0.3 is 6.01 Å². The molecule has 1 atom stereocenters. The van der Waals surface area contributed by atoms with Crippen LogP contribution < -0.4 is 10.6 Å². The van der Waals surface area contributed by atoms with E-state index in [4.69, 9.17) is 4.52 Å². The lowest BCUT2D eigenvalue weighted by Gasteiger charge is -2.22. The van der Waals surface area contributed by atoms with Crippen molar-refractivity contribution in [2.45, 2.75) is 19.8 Å². The molecule has 78 valence electrons. The molecule has 0 aromatic carbocycles. The second-order valence-electron chi connectivity index (χ2n) is 3.74. The Morgan fingerprint density at radius 3 is 3.21 bits per heavy atom. The zero-order valence-corrected chi connectivity index (χ0v) is 8.42. The van der Waals surface area contributed by atoms with Crippen molar-refractivity contribution >= 4 is 6.01 Å². The van der Waals surface area contributed by atoms with Gasteiger partial charge in [0.1, 0.15) is 0 Å². The number of hydrogen-bond donors (Lipinski definition) is 2. The van der Waals surface area contributed by atoms with Crippen molar-refractivity contribution in [3.05, 3.63) is 5.82 Å². The fourth-order valence-corrected chi connectivity index (χ4v) is 1.70. The molecule has 1 aliphatic heterocycles. The van der Waals surface area contributed by atoms with Crippen LogP contribution in [0, 0.1) is 12.8 Å². The van der Waals surface area contributed by atoms with Gasteiger partial charge < -0.3 is 15.2 Å². The number of aromatic nitrogens is 2. The molecule has 1 aliphatic rings. The molecular formula is C9H16N4O. The lowest BCUT2D eigenvalue weighted by molar-refractivity contribution is 0.382. The first-order chi connectivity index (χ1) is 6.84. The third-order valence-corrected chi connectivity index (χ3v) is 2.47. The maximum Gasteiger partial charge on any atom is 0.321 e. The topological polar surface area (TPSA) is 63.0 Å². The predicted molar refractivity (Wildman–Crippen MR) is 53.1 cm³/mol. The van der Waals surface area contributed by atoms with Crippen molar-refractivity contribution in [2.24, 2.45) is 5.92 Å². The van der Waals surface area contributed by atoms with Crippen LogP contribution in [0.25, 0.3) is 0 Å². The van der Waals surface area contributed by atoms with Crippen LogP contribution in [0.5, 0.6) is 0 Å². The van der Waals surface area contributed by atoms with E-state index in [1.54, 1.807) is 0 Å².